The van der Waals surface area contributed by atoms with Gasteiger partial charge in [-0.05, 0) is 70.4 Å². The second-order valence-electron chi connectivity index (χ2n) is 12.5. The summed E-state index contributed by atoms with van der Waals surface area (Å²) in [5.74, 6) is 0. The van der Waals surface area contributed by atoms with Gasteiger partial charge in [0, 0.05) is 49.7 Å². The van der Waals surface area contributed by atoms with Crippen LogP contribution >= 0.6 is 0 Å². The number of anilines is 3. The van der Waals surface area contributed by atoms with Gasteiger partial charge in [-0.15, -0.1) is 0 Å². The molecular formula is C46H29NO2. The van der Waals surface area contributed by atoms with Crippen LogP contribution in [0.15, 0.2) is 185 Å². The van der Waals surface area contributed by atoms with Crippen LogP contribution in [0.25, 0.3) is 76.9 Å². The van der Waals surface area contributed by atoms with Gasteiger partial charge in [-0.1, -0.05) is 127 Å². The van der Waals surface area contributed by atoms with E-state index >= 15 is 0 Å². The average molecular weight is 628 g/mol. The minimum absolute atomic E-state index is 0.900. The van der Waals surface area contributed by atoms with Gasteiger partial charge in [-0.3, -0.25) is 0 Å². The van der Waals surface area contributed by atoms with Gasteiger partial charge in [0.25, 0.3) is 0 Å². The third-order valence-electron chi connectivity index (χ3n) is 9.65. The van der Waals surface area contributed by atoms with E-state index in [9.17, 15) is 0 Å². The van der Waals surface area contributed by atoms with Crippen molar-refractivity contribution in [3.05, 3.63) is 176 Å². The minimum Gasteiger partial charge on any atom is -0.455 e. The van der Waals surface area contributed by atoms with Crippen LogP contribution < -0.4 is 4.90 Å². The van der Waals surface area contributed by atoms with Crippen molar-refractivity contribution in [1.82, 2.24) is 0 Å². The van der Waals surface area contributed by atoms with Crippen LogP contribution in [0.5, 0.6) is 0 Å². The number of hydrogen-bond acceptors (Lipinski definition) is 3. The van der Waals surface area contributed by atoms with E-state index in [-0.39, 0.29) is 0 Å². The van der Waals surface area contributed by atoms with Gasteiger partial charge in [0.1, 0.15) is 22.3 Å². The summed E-state index contributed by atoms with van der Waals surface area (Å²) in [6, 6.07) is 62.0. The van der Waals surface area contributed by atoms with Crippen LogP contribution in [0.4, 0.5) is 17.1 Å². The molecule has 0 aliphatic rings. The van der Waals surface area contributed by atoms with Crippen molar-refractivity contribution in [1.29, 1.82) is 0 Å². The molecule has 10 rings (SSSR count). The predicted molar refractivity (Wildman–Crippen MR) is 204 cm³/mol. The normalized spacial score (nSPS) is 11.7. The summed E-state index contributed by atoms with van der Waals surface area (Å²) >= 11 is 0. The van der Waals surface area contributed by atoms with E-state index in [0.717, 1.165) is 83.2 Å². The van der Waals surface area contributed by atoms with Crippen molar-refractivity contribution in [2.24, 2.45) is 0 Å². The highest BCUT2D eigenvalue weighted by Gasteiger charge is 2.18. The molecule has 3 nitrogen and oxygen atoms in total. The van der Waals surface area contributed by atoms with Crippen LogP contribution in [-0.4, -0.2) is 0 Å². The van der Waals surface area contributed by atoms with Gasteiger partial charge in [-0.25, -0.2) is 0 Å². The topological polar surface area (TPSA) is 29.5 Å². The van der Waals surface area contributed by atoms with Crippen molar-refractivity contribution >= 4 is 71.7 Å². The number of nitrogens with zero attached hydrogens (tertiary/aromatic N) is 1. The summed E-state index contributed by atoms with van der Waals surface area (Å²) in [5.41, 5.74) is 11.2. The second-order valence-corrected chi connectivity index (χ2v) is 12.5. The first-order chi connectivity index (χ1) is 24.3. The predicted octanol–water partition coefficient (Wildman–Crippen LogP) is 13.4. The zero-order valence-corrected chi connectivity index (χ0v) is 26.5. The summed E-state index contributed by atoms with van der Waals surface area (Å²) < 4.78 is 12.8. The number of benzene rings is 8. The van der Waals surface area contributed by atoms with Gasteiger partial charge in [-0.2, -0.15) is 0 Å². The molecule has 2 heterocycles. The Bertz CT molecular complexity index is 2840. The maximum Gasteiger partial charge on any atom is 0.143 e. The maximum absolute atomic E-state index is 6.44. The van der Waals surface area contributed by atoms with Crippen molar-refractivity contribution in [2.75, 3.05) is 4.90 Å². The SMILES string of the molecule is c1cc(-c2cccc3c2oc2ccccc23)cc(N(c2ccc(-c3cccc4c3oc3ccccc34)cc2)c2ccc3ccccc3c2)c1. The molecule has 230 valence electrons. The Morgan fingerprint density at radius 3 is 1.55 bits per heavy atom. The van der Waals surface area contributed by atoms with Crippen LogP contribution in [0.3, 0.4) is 0 Å². The fourth-order valence-electron chi connectivity index (χ4n) is 7.31. The smallest absolute Gasteiger partial charge is 0.143 e. The van der Waals surface area contributed by atoms with Crippen LogP contribution in [0.1, 0.15) is 0 Å². The molecule has 0 saturated carbocycles. The van der Waals surface area contributed by atoms with Crippen molar-refractivity contribution < 1.29 is 8.83 Å². The molecule has 0 aliphatic heterocycles. The molecule has 0 saturated heterocycles. The molecule has 3 heteroatoms. The maximum atomic E-state index is 6.44. The first-order valence-corrected chi connectivity index (χ1v) is 16.6. The molecule has 0 N–H and O–H groups in total. The van der Waals surface area contributed by atoms with E-state index in [1.54, 1.807) is 0 Å². The summed E-state index contributed by atoms with van der Waals surface area (Å²) in [6.45, 7) is 0. The molecule has 49 heavy (non-hydrogen) atoms. The highest BCUT2D eigenvalue weighted by molar-refractivity contribution is 6.10. The van der Waals surface area contributed by atoms with Crippen LogP contribution in [0.2, 0.25) is 0 Å². The lowest BCUT2D eigenvalue weighted by atomic mass is 10.0. The van der Waals surface area contributed by atoms with Gasteiger partial charge >= 0.3 is 0 Å². The molecule has 0 atom stereocenters. The Balaban J connectivity index is 1.12. The van der Waals surface area contributed by atoms with Gasteiger partial charge < -0.3 is 13.7 Å². The molecule has 0 fully saturated rings. The Morgan fingerprint density at radius 2 is 0.857 bits per heavy atom. The molecule has 0 radical (unpaired) electrons. The summed E-state index contributed by atoms with van der Waals surface area (Å²) in [4.78, 5) is 2.33. The molecule has 10 aromatic rings. The number of hydrogen-bond donors (Lipinski definition) is 0. The average Bonchev–Trinajstić information content (AvgIpc) is 3.74. The fraction of sp³-hybridized carbons (Fsp3) is 0. The van der Waals surface area contributed by atoms with Crippen molar-refractivity contribution in [3.8, 4) is 22.3 Å². The van der Waals surface area contributed by atoms with Crippen molar-refractivity contribution in [2.45, 2.75) is 0 Å². The summed E-state index contributed by atoms with van der Waals surface area (Å²) in [7, 11) is 0. The van der Waals surface area contributed by atoms with Gasteiger partial charge in [0.2, 0.25) is 0 Å². The van der Waals surface area contributed by atoms with Gasteiger partial charge in [0.05, 0.1) is 0 Å². The largest absolute Gasteiger partial charge is 0.455 e. The molecule has 8 aromatic carbocycles. The van der Waals surface area contributed by atoms with E-state index < -0.39 is 0 Å². The molecule has 0 bridgehead atoms. The number of para-hydroxylation sites is 4. The lowest BCUT2D eigenvalue weighted by Gasteiger charge is -2.26. The lowest BCUT2D eigenvalue weighted by molar-refractivity contribution is 0.669. The summed E-state index contributed by atoms with van der Waals surface area (Å²) in [6.07, 6.45) is 0. The van der Waals surface area contributed by atoms with E-state index in [0.29, 0.717) is 0 Å². The summed E-state index contributed by atoms with van der Waals surface area (Å²) in [5, 5.41) is 6.93. The standard InChI is InChI=1S/C46H29NO2/c1-2-11-32-28-36(27-22-30(32)10-1)47(34-25-23-31(24-26-34)37-16-8-18-41-39-14-3-5-20-43(39)48-45(37)41)35-13-7-12-33(29-35)38-17-9-19-42-40-15-4-6-21-44(40)49-46(38)42/h1-29H. The van der Waals surface area contributed by atoms with Gasteiger partial charge in [0.15, 0.2) is 0 Å². The number of fused-ring (bicyclic) bond motifs is 7. The zero-order valence-electron chi connectivity index (χ0n) is 26.5. The molecule has 0 aliphatic carbocycles. The van der Waals surface area contributed by atoms with Crippen molar-refractivity contribution in [3.63, 3.8) is 0 Å². The molecule has 2 aromatic heterocycles. The molecule has 0 amide bonds. The van der Waals surface area contributed by atoms with E-state index in [1.165, 1.54) is 10.8 Å². The highest BCUT2D eigenvalue weighted by atomic mass is 16.3. The lowest BCUT2D eigenvalue weighted by Crippen LogP contribution is -2.10. The number of furan rings is 2. The quantitative estimate of drug-likeness (QED) is 0.190. The Morgan fingerprint density at radius 1 is 0.327 bits per heavy atom. The first-order valence-electron chi connectivity index (χ1n) is 16.6. The number of rotatable bonds is 5. The molecule has 0 unspecified atom stereocenters. The molecule has 0 spiro atoms. The Kier molecular flexibility index (Phi) is 6.18. The zero-order chi connectivity index (χ0) is 32.3. The monoisotopic (exact) mass is 627 g/mol. The minimum atomic E-state index is 0.900. The van der Waals surface area contributed by atoms with Crippen LogP contribution in [0, 0.1) is 0 Å². The third-order valence-corrected chi connectivity index (χ3v) is 9.65. The Hall–Kier alpha value is -6.58. The van der Waals surface area contributed by atoms with E-state index in [2.05, 4.69) is 157 Å². The van der Waals surface area contributed by atoms with E-state index in [1.807, 2.05) is 24.3 Å². The molecular weight excluding hydrogens is 599 g/mol. The second kappa shape index (κ2) is 11.0. The third kappa shape index (κ3) is 4.51. The van der Waals surface area contributed by atoms with Crippen LogP contribution in [-0.2, 0) is 0 Å². The first kappa shape index (κ1) is 27.5. The highest BCUT2D eigenvalue weighted by Crippen LogP contribution is 2.42. The Labute approximate surface area is 282 Å². The fourth-order valence-corrected chi connectivity index (χ4v) is 7.31. The van der Waals surface area contributed by atoms with E-state index in [4.69, 9.17) is 8.83 Å².